The number of hydrogen-bond acceptors (Lipinski definition) is 1. The van der Waals surface area contributed by atoms with Gasteiger partial charge in [-0.15, -0.1) is 0 Å². The van der Waals surface area contributed by atoms with Crippen molar-refractivity contribution in [3.8, 4) is 0 Å². The van der Waals surface area contributed by atoms with Crippen LogP contribution in [0.3, 0.4) is 0 Å². The van der Waals surface area contributed by atoms with Gasteiger partial charge in [0.1, 0.15) is 0 Å². The molecule has 1 rings (SSSR count). The summed E-state index contributed by atoms with van der Waals surface area (Å²) in [6.45, 7) is 5.92. The molecule has 1 heterocycles. The number of aromatic nitrogens is 1. The molecule has 11 heavy (non-hydrogen) atoms. The summed E-state index contributed by atoms with van der Waals surface area (Å²) in [4.78, 5) is 4.30. The van der Waals surface area contributed by atoms with Gasteiger partial charge in [0, 0.05) is 11.9 Å². The minimum absolute atomic E-state index is 0.929. The fourth-order valence-corrected chi connectivity index (χ4v) is 0.993. The van der Waals surface area contributed by atoms with Crippen LogP contribution in [0.25, 0.3) is 0 Å². The van der Waals surface area contributed by atoms with E-state index in [1.165, 1.54) is 5.56 Å². The number of pyridine rings is 1. The molecule has 1 nitrogen and oxygen atoms in total. The summed E-state index contributed by atoms with van der Waals surface area (Å²) in [5.74, 6) is 0. The molecular weight excluding hydrogens is 134 g/mol. The molecular formula is C10H14N. The highest BCUT2D eigenvalue weighted by Crippen LogP contribution is 2.02. The van der Waals surface area contributed by atoms with E-state index >= 15 is 0 Å². The number of aryl methyl sites for hydroxylation is 2. The van der Waals surface area contributed by atoms with Crippen molar-refractivity contribution in [3.63, 3.8) is 0 Å². The molecule has 1 heteroatoms. The Balaban J connectivity index is 2.66. The molecule has 1 radical (unpaired) electrons. The van der Waals surface area contributed by atoms with E-state index in [-0.39, 0.29) is 0 Å². The third kappa shape index (κ3) is 2.34. The second-order valence-electron chi connectivity index (χ2n) is 2.61. The first-order chi connectivity index (χ1) is 5.36. The predicted molar refractivity (Wildman–Crippen MR) is 47.3 cm³/mol. The van der Waals surface area contributed by atoms with Crippen LogP contribution in [0.15, 0.2) is 18.3 Å². The van der Waals surface area contributed by atoms with Crippen LogP contribution < -0.4 is 0 Å². The van der Waals surface area contributed by atoms with Gasteiger partial charge in [-0.3, -0.25) is 4.98 Å². The van der Waals surface area contributed by atoms with Gasteiger partial charge in [-0.1, -0.05) is 19.9 Å². The van der Waals surface area contributed by atoms with E-state index in [2.05, 4.69) is 31.0 Å². The molecule has 0 bridgehead atoms. The summed E-state index contributed by atoms with van der Waals surface area (Å²) in [7, 11) is 0. The largest absolute Gasteiger partial charge is 0.261 e. The summed E-state index contributed by atoms with van der Waals surface area (Å²) in [5.41, 5.74) is 2.45. The minimum atomic E-state index is 0.929. The normalized spacial score (nSPS) is 10.0. The maximum atomic E-state index is 4.30. The smallest absolute Gasteiger partial charge is 0.0403 e. The summed E-state index contributed by atoms with van der Waals surface area (Å²) < 4.78 is 0. The SMILES string of the molecule is [CH2]CCc1ccc(CC)cn1. The Bertz CT molecular complexity index is 201. The van der Waals surface area contributed by atoms with Gasteiger partial charge in [0.25, 0.3) is 0 Å². The molecule has 0 N–H and O–H groups in total. The van der Waals surface area contributed by atoms with Crippen molar-refractivity contribution in [3.05, 3.63) is 36.5 Å². The zero-order valence-corrected chi connectivity index (χ0v) is 7.01. The molecule has 0 spiro atoms. The maximum absolute atomic E-state index is 4.30. The molecule has 1 aromatic rings. The Hall–Kier alpha value is -0.850. The molecule has 0 saturated carbocycles. The minimum Gasteiger partial charge on any atom is -0.261 e. The molecule has 0 fully saturated rings. The van der Waals surface area contributed by atoms with Gasteiger partial charge in [0.15, 0.2) is 0 Å². The first-order valence-electron chi connectivity index (χ1n) is 4.10. The van der Waals surface area contributed by atoms with Gasteiger partial charge in [-0.25, -0.2) is 0 Å². The van der Waals surface area contributed by atoms with Crippen molar-refractivity contribution in [2.45, 2.75) is 26.2 Å². The fourth-order valence-electron chi connectivity index (χ4n) is 0.993. The van der Waals surface area contributed by atoms with E-state index in [1.807, 2.05) is 6.20 Å². The average Bonchev–Trinajstić information content (AvgIpc) is 2.07. The average molecular weight is 148 g/mol. The van der Waals surface area contributed by atoms with Crippen molar-refractivity contribution in [1.29, 1.82) is 0 Å². The summed E-state index contributed by atoms with van der Waals surface area (Å²) in [6.07, 6.45) is 4.94. The molecule has 0 unspecified atom stereocenters. The Morgan fingerprint density at radius 2 is 2.27 bits per heavy atom. The molecule has 0 amide bonds. The molecule has 0 atom stereocenters. The fraction of sp³-hybridized carbons (Fsp3) is 0.400. The van der Waals surface area contributed by atoms with Crippen LogP contribution in [0.2, 0.25) is 0 Å². The lowest BCUT2D eigenvalue weighted by molar-refractivity contribution is 0.931. The quantitative estimate of drug-likeness (QED) is 0.641. The zero-order chi connectivity index (χ0) is 8.10. The third-order valence-corrected chi connectivity index (χ3v) is 1.73. The Kier molecular flexibility index (Phi) is 3.09. The summed E-state index contributed by atoms with van der Waals surface area (Å²) >= 11 is 0. The van der Waals surface area contributed by atoms with Gasteiger partial charge in [-0.05, 0) is 30.9 Å². The van der Waals surface area contributed by atoms with Crippen molar-refractivity contribution in [1.82, 2.24) is 4.98 Å². The first kappa shape index (κ1) is 8.25. The van der Waals surface area contributed by atoms with Gasteiger partial charge in [-0.2, -0.15) is 0 Å². The Morgan fingerprint density at radius 3 is 2.73 bits per heavy atom. The molecule has 1 aromatic heterocycles. The molecule has 0 aliphatic rings. The lowest BCUT2D eigenvalue weighted by Crippen LogP contribution is -1.89. The predicted octanol–water partition coefficient (Wildman–Crippen LogP) is 2.41. The van der Waals surface area contributed by atoms with Crippen LogP contribution in [0.4, 0.5) is 0 Å². The van der Waals surface area contributed by atoms with Crippen LogP contribution in [0.1, 0.15) is 24.6 Å². The van der Waals surface area contributed by atoms with Crippen molar-refractivity contribution < 1.29 is 0 Å². The molecule has 0 aromatic carbocycles. The Morgan fingerprint density at radius 1 is 1.45 bits per heavy atom. The van der Waals surface area contributed by atoms with Crippen LogP contribution in [-0.4, -0.2) is 4.98 Å². The number of nitrogens with zero attached hydrogens (tertiary/aromatic N) is 1. The van der Waals surface area contributed by atoms with Crippen molar-refractivity contribution in [2.24, 2.45) is 0 Å². The highest BCUT2D eigenvalue weighted by Gasteiger charge is 1.92. The number of rotatable bonds is 3. The molecule has 0 aliphatic heterocycles. The maximum Gasteiger partial charge on any atom is 0.0403 e. The van der Waals surface area contributed by atoms with E-state index in [9.17, 15) is 0 Å². The van der Waals surface area contributed by atoms with E-state index in [0.717, 1.165) is 25.0 Å². The van der Waals surface area contributed by atoms with Gasteiger partial charge >= 0.3 is 0 Å². The van der Waals surface area contributed by atoms with Crippen LogP contribution >= 0.6 is 0 Å². The molecule has 59 valence electrons. The first-order valence-corrected chi connectivity index (χ1v) is 4.10. The van der Waals surface area contributed by atoms with E-state index in [1.54, 1.807) is 0 Å². The van der Waals surface area contributed by atoms with Crippen LogP contribution in [0.5, 0.6) is 0 Å². The van der Waals surface area contributed by atoms with Crippen LogP contribution in [-0.2, 0) is 12.8 Å². The third-order valence-electron chi connectivity index (χ3n) is 1.73. The van der Waals surface area contributed by atoms with Crippen LogP contribution in [0, 0.1) is 6.92 Å². The Labute approximate surface area is 68.5 Å². The zero-order valence-electron chi connectivity index (χ0n) is 7.01. The van der Waals surface area contributed by atoms with Gasteiger partial charge in [0.05, 0.1) is 0 Å². The lowest BCUT2D eigenvalue weighted by atomic mass is 10.2. The lowest BCUT2D eigenvalue weighted by Gasteiger charge is -1.98. The summed E-state index contributed by atoms with van der Waals surface area (Å²) in [5, 5.41) is 0. The van der Waals surface area contributed by atoms with Gasteiger partial charge in [0.2, 0.25) is 0 Å². The van der Waals surface area contributed by atoms with E-state index in [4.69, 9.17) is 0 Å². The topological polar surface area (TPSA) is 12.9 Å². The second kappa shape index (κ2) is 4.12. The summed E-state index contributed by atoms with van der Waals surface area (Å²) in [6, 6.07) is 4.22. The van der Waals surface area contributed by atoms with E-state index < -0.39 is 0 Å². The standard InChI is InChI=1S/C10H14N/c1-3-5-10-7-6-9(4-2)8-11-10/h6-8H,1,3-5H2,2H3. The van der Waals surface area contributed by atoms with Crippen molar-refractivity contribution in [2.75, 3.05) is 0 Å². The van der Waals surface area contributed by atoms with Crippen molar-refractivity contribution >= 4 is 0 Å². The van der Waals surface area contributed by atoms with Gasteiger partial charge < -0.3 is 0 Å². The monoisotopic (exact) mass is 148 g/mol. The highest BCUT2D eigenvalue weighted by molar-refractivity contribution is 5.13. The molecule has 0 saturated heterocycles. The number of hydrogen-bond donors (Lipinski definition) is 0. The molecule has 0 aliphatic carbocycles. The second-order valence-corrected chi connectivity index (χ2v) is 2.61. The highest BCUT2D eigenvalue weighted by atomic mass is 14.7. The van der Waals surface area contributed by atoms with E-state index in [0.29, 0.717) is 0 Å².